The van der Waals surface area contributed by atoms with Gasteiger partial charge in [-0.1, -0.05) is 18.2 Å². The lowest BCUT2D eigenvalue weighted by atomic mass is 10.1. The van der Waals surface area contributed by atoms with E-state index in [1.54, 1.807) is 0 Å². The first kappa shape index (κ1) is 11.6. The lowest BCUT2D eigenvalue weighted by Gasteiger charge is -2.10. The molecule has 2 aromatic rings. The summed E-state index contributed by atoms with van der Waals surface area (Å²) in [7, 11) is 0. The highest BCUT2D eigenvalue weighted by molar-refractivity contribution is 5.62. The van der Waals surface area contributed by atoms with Crippen LogP contribution in [0.3, 0.4) is 0 Å². The minimum Gasteiger partial charge on any atom is -0.383 e. The van der Waals surface area contributed by atoms with Gasteiger partial charge in [0.1, 0.15) is 0 Å². The van der Waals surface area contributed by atoms with Gasteiger partial charge in [-0.05, 0) is 44.5 Å². The van der Waals surface area contributed by atoms with Gasteiger partial charge in [0, 0.05) is 23.5 Å². The number of rotatable bonds is 3. The van der Waals surface area contributed by atoms with Crippen LogP contribution >= 0.6 is 0 Å². The number of pyridine rings is 1. The van der Waals surface area contributed by atoms with Crippen molar-refractivity contribution in [1.82, 2.24) is 4.98 Å². The highest BCUT2D eigenvalue weighted by atomic mass is 14.9. The van der Waals surface area contributed by atoms with Crippen molar-refractivity contribution in [2.75, 3.05) is 5.32 Å². The summed E-state index contributed by atoms with van der Waals surface area (Å²) in [5, 5.41) is 3.37. The van der Waals surface area contributed by atoms with Gasteiger partial charge in [0.05, 0.1) is 5.69 Å². The second-order valence-electron chi connectivity index (χ2n) is 4.60. The molecule has 0 spiro atoms. The van der Waals surface area contributed by atoms with E-state index in [4.69, 9.17) is 0 Å². The summed E-state index contributed by atoms with van der Waals surface area (Å²) in [6.07, 6.45) is 1.90. The van der Waals surface area contributed by atoms with E-state index in [9.17, 15) is 0 Å². The molecule has 1 aromatic carbocycles. The average molecular weight is 226 g/mol. The summed E-state index contributed by atoms with van der Waals surface area (Å²) in [6.45, 7) is 6.32. The monoisotopic (exact) mass is 226 g/mol. The van der Waals surface area contributed by atoms with Crippen molar-refractivity contribution < 1.29 is 0 Å². The highest BCUT2D eigenvalue weighted by Crippen LogP contribution is 2.19. The second-order valence-corrected chi connectivity index (χ2v) is 4.60. The van der Waals surface area contributed by atoms with Gasteiger partial charge in [-0.3, -0.25) is 4.98 Å². The van der Waals surface area contributed by atoms with Crippen molar-refractivity contribution in [1.29, 1.82) is 0 Å². The van der Waals surface area contributed by atoms with Crippen LogP contribution in [0.1, 0.15) is 19.4 Å². The van der Waals surface area contributed by atoms with Crippen LogP contribution in [0.2, 0.25) is 0 Å². The molecule has 0 saturated carbocycles. The van der Waals surface area contributed by atoms with Crippen LogP contribution in [-0.2, 0) is 0 Å². The molecule has 0 atom stereocenters. The highest BCUT2D eigenvalue weighted by Gasteiger charge is 1.99. The third-order valence-electron chi connectivity index (χ3n) is 2.55. The molecule has 0 amide bonds. The van der Waals surface area contributed by atoms with Crippen LogP contribution in [0, 0.1) is 6.92 Å². The molecular formula is C15H18N2. The van der Waals surface area contributed by atoms with Crippen molar-refractivity contribution in [2.45, 2.75) is 26.8 Å². The predicted molar refractivity (Wildman–Crippen MR) is 73.2 cm³/mol. The Kier molecular flexibility index (Phi) is 3.43. The van der Waals surface area contributed by atoms with Crippen LogP contribution in [-0.4, -0.2) is 11.0 Å². The van der Waals surface area contributed by atoms with Crippen LogP contribution in [0.4, 0.5) is 5.69 Å². The molecule has 17 heavy (non-hydrogen) atoms. The zero-order chi connectivity index (χ0) is 12.3. The number of aryl methyl sites for hydroxylation is 1. The Labute approximate surface area is 103 Å². The van der Waals surface area contributed by atoms with E-state index in [0.29, 0.717) is 6.04 Å². The molecule has 0 aliphatic carbocycles. The van der Waals surface area contributed by atoms with Crippen LogP contribution in [0.15, 0.2) is 42.6 Å². The molecule has 2 rings (SSSR count). The SMILES string of the molecule is Cc1ccc(-c2ccc(NC(C)C)cc2)nc1. The summed E-state index contributed by atoms with van der Waals surface area (Å²) >= 11 is 0. The number of hydrogen-bond acceptors (Lipinski definition) is 2. The standard InChI is InChI=1S/C15H18N2/c1-11(2)17-14-7-5-13(6-8-14)15-9-4-12(3)10-16-15/h4-11,17H,1-3H3. The molecule has 1 heterocycles. The van der Waals surface area contributed by atoms with Crippen molar-refractivity contribution >= 4 is 5.69 Å². The molecule has 2 heteroatoms. The van der Waals surface area contributed by atoms with Gasteiger partial charge in [-0.15, -0.1) is 0 Å². The molecule has 1 aromatic heterocycles. The number of anilines is 1. The van der Waals surface area contributed by atoms with E-state index >= 15 is 0 Å². The molecule has 0 fully saturated rings. The van der Waals surface area contributed by atoms with Gasteiger partial charge in [0.25, 0.3) is 0 Å². The van der Waals surface area contributed by atoms with E-state index in [1.807, 2.05) is 13.1 Å². The number of hydrogen-bond donors (Lipinski definition) is 1. The van der Waals surface area contributed by atoms with Gasteiger partial charge in [0.2, 0.25) is 0 Å². The lowest BCUT2D eigenvalue weighted by molar-refractivity contribution is 0.900. The fourth-order valence-electron chi connectivity index (χ4n) is 1.71. The Morgan fingerprint density at radius 3 is 2.24 bits per heavy atom. The quantitative estimate of drug-likeness (QED) is 0.859. The molecule has 0 saturated heterocycles. The first-order valence-electron chi connectivity index (χ1n) is 5.95. The zero-order valence-corrected chi connectivity index (χ0v) is 10.6. The van der Waals surface area contributed by atoms with Crippen molar-refractivity contribution in [3.8, 4) is 11.3 Å². The third-order valence-corrected chi connectivity index (χ3v) is 2.55. The predicted octanol–water partition coefficient (Wildman–Crippen LogP) is 3.88. The summed E-state index contributed by atoms with van der Waals surface area (Å²) in [4.78, 5) is 4.42. The van der Waals surface area contributed by atoms with E-state index in [1.165, 1.54) is 5.56 Å². The summed E-state index contributed by atoms with van der Waals surface area (Å²) in [6, 6.07) is 13.0. The summed E-state index contributed by atoms with van der Waals surface area (Å²) < 4.78 is 0. The van der Waals surface area contributed by atoms with Gasteiger partial charge >= 0.3 is 0 Å². The summed E-state index contributed by atoms with van der Waals surface area (Å²) in [5.74, 6) is 0. The first-order valence-corrected chi connectivity index (χ1v) is 5.95. The Balaban J connectivity index is 2.20. The number of aromatic nitrogens is 1. The first-order chi connectivity index (χ1) is 8.15. The fraction of sp³-hybridized carbons (Fsp3) is 0.267. The molecular weight excluding hydrogens is 208 g/mol. The average Bonchev–Trinajstić information content (AvgIpc) is 2.30. The van der Waals surface area contributed by atoms with Crippen LogP contribution in [0.5, 0.6) is 0 Å². The summed E-state index contributed by atoms with van der Waals surface area (Å²) in [5.41, 5.74) is 4.51. The number of nitrogens with zero attached hydrogens (tertiary/aromatic N) is 1. The largest absolute Gasteiger partial charge is 0.383 e. The fourth-order valence-corrected chi connectivity index (χ4v) is 1.71. The Bertz CT molecular complexity index is 469. The Hall–Kier alpha value is -1.83. The lowest BCUT2D eigenvalue weighted by Crippen LogP contribution is -2.09. The maximum absolute atomic E-state index is 4.42. The molecule has 0 radical (unpaired) electrons. The van der Waals surface area contributed by atoms with Gasteiger partial charge in [0.15, 0.2) is 0 Å². The molecule has 2 nitrogen and oxygen atoms in total. The normalized spacial score (nSPS) is 10.6. The van der Waals surface area contributed by atoms with E-state index in [0.717, 1.165) is 16.9 Å². The molecule has 0 unspecified atom stereocenters. The minimum atomic E-state index is 0.457. The van der Waals surface area contributed by atoms with E-state index in [-0.39, 0.29) is 0 Å². The minimum absolute atomic E-state index is 0.457. The zero-order valence-electron chi connectivity index (χ0n) is 10.6. The second kappa shape index (κ2) is 5.00. The third kappa shape index (κ3) is 3.06. The molecule has 0 aliphatic heterocycles. The maximum Gasteiger partial charge on any atom is 0.0702 e. The van der Waals surface area contributed by atoms with Crippen molar-refractivity contribution in [2.24, 2.45) is 0 Å². The van der Waals surface area contributed by atoms with E-state index in [2.05, 4.69) is 60.5 Å². The van der Waals surface area contributed by atoms with Crippen LogP contribution < -0.4 is 5.32 Å². The molecule has 1 N–H and O–H groups in total. The van der Waals surface area contributed by atoms with E-state index < -0.39 is 0 Å². The topological polar surface area (TPSA) is 24.9 Å². The Morgan fingerprint density at radius 2 is 1.71 bits per heavy atom. The molecule has 0 aliphatic rings. The van der Waals surface area contributed by atoms with Crippen LogP contribution in [0.25, 0.3) is 11.3 Å². The van der Waals surface area contributed by atoms with Gasteiger partial charge in [-0.2, -0.15) is 0 Å². The number of benzene rings is 1. The maximum atomic E-state index is 4.42. The number of nitrogens with one attached hydrogen (secondary N) is 1. The smallest absolute Gasteiger partial charge is 0.0702 e. The molecule has 88 valence electrons. The van der Waals surface area contributed by atoms with Gasteiger partial charge < -0.3 is 5.32 Å². The van der Waals surface area contributed by atoms with Crippen molar-refractivity contribution in [3.63, 3.8) is 0 Å². The molecule has 0 bridgehead atoms. The van der Waals surface area contributed by atoms with Gasteiger partial charge in [-0.25, -0.2) is 0 Å². The Morgan fingerprint density at radius 1 is 1.00 bits per heavy atom. The van der Waals surface area contributed by atoms with Crippen molar-refractivity contribution in [3.05, 3.63) is 48.2 Å².